The summed E-state index contributed by atoms with van der Waals surface area (Å²) >= 11 is 9.24. The molecule has 0 saturated heterocycles. The lowest BCUT2D eigenvalue weighted by atomic mass is 10.2. The van der Waals surface area contributed by atoms with Crippen LogP contribution in [0.5, 0.6) is 5.75 Å². The molecule has 2 rings (SSSR count). The summed E-state index contributed by atoms with van der Waals surface area (Å²) in [6, 6.07) is 11.5. The van der Waals surface area contributed by atoms with E-state index in [4.69, 9.17) is 21.1 Å². The zero-order chi connectivity index (χ0) is 16.8. The molecule has 0 fully saturated rings. The second kappa shape index (κ2) is 7.99. The van der Waals surface area contributed by atoms with Gasteiger partial charge in [0.15, 0.2) is 6.61 Å². The summed E-state index contributed by atoms with van der Waals surface area (Å²) in [6.45, 7) is -0.390. The Morgan fingerprint density at radius 1 is 1.17 bits per heavy atom. The monoisotopic (exact) mass is 397 g/mol. The van der Waals surface area contributed by atoms with Gasteiger partial charge in [0.25, 0.3) is 5.91 Å². The van der Waals surface area contributed by atoms with Crippen molar-refractivity contribution in [1.82, 2.24) is 0 Å². The number of benzene rings is 2. The number of carbonyl (C=O) groups excluding carboxylic acids is 2. The molecular weight excluding hydrogens is 386 g/mol. The Morgan fingerprint density at radius 3 is 2.48 bits per heavy atom. The van der Waals surface area contributed by atoms with Gasteiger partial charge in [0.2, 0.25) is 0 Å². The summed E-state index contributed by atoms with van der Waals surface area (Å²) in [4.78, 5) is 23.6. The average molecular weight is 399 g/mol. The summed E-state index contributed by atoms with van der Waals surface area (Å²) in [6.07, 6.45) is 0. The van der Waals surface area contributed by atoms with E-state index in [0.29, 0.717) is 22.0 Å². The van der Waals surface area contributed by atoms with Crippen LogP contribution in [0.25, 0.3) is 0 Å². The number of carbonyl (C=O) groups is 2. The van der Waals surface area contributed by atoms with Crippen molar-refractivity contribution in [2.75, 3.05) is 19.0 Å². The van der Waals surface area contributed by atoms with E-state index in [9.17, 15) is 9.59 Å². The number of hydrogen-bond donors (Lipinski definition) is 1. The van der Waals surface area contributed by atoms with Crippen LogP contribution in [0.15, 0.2) is 46.9 Å². The molecule has 2 aromatic rings. The summed E-state index contributed by atoms with van der Waals surface area (Å²) in [5.41, 5.74) is 0.856. The number of hydrogen-bond acceptors (Lipinski definition) is 4. The van der Waals surface area contributed by atoms with Crippen LogP contribution < -0.4 is 10.1 Å². The molecule has 7 heteroatoms. The lowest BCUT2D eigenvalue weighted by Crippen LogP contribution is -2.20. The lowest BCUT2D eigenvalue weighted by Gasteiger charge is -2.08. The minimum absolute atomic E-state index is 0.369. The van der Waals surface area contributed by atoms with E-state index in [1.165, 1.54) is 7.11 Å². The predicted octanol–water partition coefficient (Wildman–Crippen LogP) is 3.91. The normalized spacial score (nSPS) is 10.0. The highest BCUT2D eigenvalue weighted by atomic mass is 79.9. The molecule has 0 heterocycles. The number of ether oxygens (including phenoxy) is 2. The van der Waals surface area contributed by atoms with Gasteiger partial charge >= 0.3 is 5.97 Å². The van der Waals surface area contributed by atoms with Crippen LogP contribution in [-0.4, -0.2) is 25.6 Å². The van der Waals surface area contributed by atoms with Gasteiger partial charge < -0.3 is 14.8 Å². The van der Waals surface area contributed by atoms with Gasteiger partial charge in [-0.25, -0.2) is 4.79 Å². The van der Waals surface area contributed by atoms with Crippen molar-refractivity contribution in [2.45, 2.75) is 0 Å². The molecule has 0 saturated carbocycles. The van der Waals surface area contributed by atoms with Crippen molar-refractivity contribution in [3.05, 3.63) is 57.5 Å². The number of esters is 1. The highest BCUT2D eigenvalue weighted by Crippen LogP contribution is 2.27. The molecule has 0 bridgehead atoms. The topological polar surface area (TPSA) is 64.6 Å². The van der Waals surface area contributed by atoms with E-state index in [1.807, 2.05) is 0 Å². The molecule has 0 aliphatic heterocycles. The largest absolute Gasteiger partial charge is 0.495 e. The maximum atomic E-state index is 11.8. The molecule has 0 aliphatic carbocycles. The maximum absolute atomic E-state index is 11.8. The molecule has 2 aromatic carbocycles. The molecule has 0 aromatic heterocycles. The third-order valence-corrected chi connectivity index (χ3v) is 3.67. The second-order valence-electron chi connectivity index (χ2n) is 4.48. The van der Waals surface area contributed by atoms with E-state index < -0.39 is 18.5 Å². The molecule has 0 unspecified atom stereocenters. The fraction of sp³-hybridized carbons (Fsp3) is 0.125. The summed E-state index contributed by atoms with van der Waals surface area (Å²) < 4.78 is 10.8. The van der Waals surface area contributed by atoms with E-state index in [1.54, 1.807) is 42.5 Å². The van der Waals surface area contributed by atoms with Gasteiger partial charge in [-0.3, -0.25) is 4.79 Å². The van der Waals surface area contributed by atoms with E-state index in [0.717, 1.165) is 4.47 Å². The van der Waals surface area contributed by atoms with Crippen LogP contribution in [0.1, 0.15) is 10.4 Å². The number of halogens is 2. The number of methoxy groups -OCH3 is 1. The number of nitrogens with one attached hydrogen (secondary N) is 1. The van der Waals surface area contributed by atoms with Gasteiger partial charge in [0.1, 0.15) is 5.75 Å². The first-order valence-corrected chi connectivity index (χ1v) is 7.73. The van der Waals surface area contributed by atoms with Gasteiger partial charge in [0.05, 0.1) is 17.7 Å². The Labute approximate surface area is 146 Å². The Morgan fingerprint density at radius 2 is 1.87 bits per heavy atom. The summed E-state index contributed by atoms with van der Waals surface area (Å²) in [7, 11) is 1.50. The predicted molar refractivity (Wildman–Crippen MR) is 91.1 cm³/mol. The zero-order valence-corrected chi connectivity index (χ0v) is 14.5. The lowest BCUT2D eigenvalue weighted by molar-refractivity contribution is -0.119. The van der Waals surface area contributed by atoms with Gasteiger partial charge in [-0.1, -0.05) is 27.5 Å². The van der Waals surface area contributed by atoms with E-state index in [2.05, 4.69) is 21.2 Å². The van der Waals surface area contributed by atoms with Gasteiger partial charge in [0, 0.05) is 10.2 Å². The smallest absolute Gasteiger partial charge is 0.338 e. The van der Waals surface area contributed by atoms with Crippen molar-refractivity contribution in [1.29, 1.82) is 0 Å². The van der Waals surface area contributed by atoms with Crippen molar-refractivity contribution < 1.29 is 19.1 Å². The molecule has 5 nitrogen and oxygen atoms in total. The first-order chi connectivity index (χ1) is 11.0. The fourth-order valence-corrected chi connectivity index (χ4v) is 2.26. The second-order valence-corrected chi connectivity index (χ2v) is 5.80. The molecule has 0 aliphatic rings. The molecule has 0 spiro atoms. The van der Waals surface area contributed by atoms with Crippen molar-refractivity contribution >= 4 is 45.1 Å². The number of rotatable bonds is 5. The minimum Gasteiger partial charge on any atom is -0.495 e. The third kappa shape index (κ3) is 4.97. The van der Waals surface area contributed by atoms with E-state index >= 15 is 0 Å². The summed E-state index contributed by atoms with van der Waals surface area (Å²) in [5.74, 6) is -0.525. The average Bonchev–Trinajstić information content (AvgIpc) is 2.53. The Bertz CT molecular complexity index is 719. The van der Waals surface area contributed by atoms with Crippen LogP contribution in [0.3, 0.4) is 0 Å². The van der Waals surface area contributed by atoms with E-state index in [-0.39, 0.29) is 0 Å². The quantitative estimate of drug-likeness (QED) is 0.776. The number of amides is 1. The van der Waals surface area contributed by atoms with Crippen LogP contribution >= 0.6 is 27.5 Å². The maximum Gasteiger partial charge on any atom is 0.338 e. The molecule has 0 radical (unpaired) electrons. The standard InChI is InChI=1S/C16H13BrClNO4/c1-22-14-7-6-12(8-13(14)18)19-15(20)9-23-16(21)10-2-4-11(17)5-3-10/h2-8H,9H2,1H3,(H,19,20). The Kier molecular flexibility index (Phi) is 6.01. The zero-order valence-electron chi connectivity index (χ0n) is 12.1. The van der Waals surface area contributed by atoms with Crippen molar-refractivity contribution in [3.8, 4) is 5.75 Å². The van der Waals surface area contributed by atoms with Crippen LogP contribution in [0.4, 0.5) is 5.69 Å². The molecular formula is C16H13BrClNO4. The van der Waals surface area contributed by atoms with Crippen molar-refractivity contribution in [3.63, 3.8) is 0 Å². The Balaban J connectivity index is 1.88. The fourth-order valence-electron chi connectivity index (χ4n) is 1.74. The highest BCUT2D eigenvalue weighted by molar-refractivity contribution is 9.10. The Hall–Kier alpha value is -2.05. The van der Waals surface area contributed by atoms with Crippen LogP contribution in [0, 0.1) is 0 Å². The SMILES string of the molecule is COc1ccc(NC(=O)COC(=O)c2ccc(Br)cc2)cc1Cl. The molecule has 1 N–H and O–H groups in total. The summed E-state index contributed by atoms with van der Waals surface area (Å²) in [5, 5.41) is 2.96. The van der Waals surface area contributed by atoms with Gasteiger partial charge in [-0.15, -0.1) is 0 Å². The minimum atomic E-state index is -0.569. The molecule has 0 atom stereocenters. The van der Waals surface area contributed by atoms with Crippen LogP contribution in [-0.2, 0) is 9.53 Å². The van der Waals surface area contributed by atoms with Gasteiger partial charge in [-0.2, -0.15) is 0 Å². The molecule has 120 valence electrons. The van der Waals surface area contributed by atoms with Crippen LogP contribution in [0.2, 0.25) is 5.02 Å². The molecule has 23 heavy (non-hydrogen) atoms. The first kappa shape index (κ1) is 17.3. The van der Waals surface area contributed by atoms with Crippen molar-refractivity contribution in [2.24, 2.45) is 0 Å². The number of anilines is 1. The first-order valence-electron chi connectivity index (χ1n) is 6.55. The third-order valence-electron chi connectivity index (χ3n) is 2.85. The molecule has 1 amide bonds. The van der Waals surface area contributed by atoms with Gasteiger partial charge in [-0.05, 0) is 42.5 Å². The highest BCUT2D eigenvalue weighted by Gasteiger charge is 2.11.